The van der Waals surface area contributed by atoms with E-state index < -0.39 is 0 Å². The molecule has 1 N–H and O–H groups in total. The first-order valence-electron chi connectivity index (χ1n) is 10.3. The molecule has 148 valence electrons. The van der Waals surface area contributed by atoms with Gasteiger partial charge in [-0.15, -0.1) is 11.3 Å². The van der Waals surface area contributed by atoms with Gasteiger partial charge < -0.3 is 14.9 Å². The Morgan fingerprint density at radius 3 is 2.68 bits per heavy atom. The van der Waals surface area contributed by atoms with Crippen LogP contribution in [0.4, 0.5) is 5.82 Å². The number of thiophene rings is 1. The Balaban J connectivity index is 1.72. The van der Waals surface area contributed by atoms with Crippen LogP contribution in [0.5, 0.6) is 0 Å². The fourth-order valence-corrected chi connectivity index (χ4v) is 4.77. The molecule has 28 heavy (non-hydrogen) atoms. The highest BCUT2D eigenvalue weighted by Gasteiger charge is 2.20. The molecule has 2 aromatic heterocycles. The van der Waals surface area contributed by atoms with Crippen molar-refractivity contribution in [2.45, 2.75) is 32.8 Å². The summed E-state index contributed by atoms with van der Waals surface area (Å²) in [6.45, 7) is 9.45. The molecule has 1 atom stereocenters. The van der Waals surface area contributed by atoms with Crippen molar-refractivity contribution >= 4 is 27.2 Å². The van der Waals surface area contributed by atoms with Crippen LogP contribution >= 0.6 is 11.3 Å². The highest BCUT2D eigenvalue weighted by molar-refractivity contribution is 7.17. The van der Waals surface area contributed by atoms with Crippen molar-refractivity contribution in [3.63, 3.8) is 0 Å². The molecule has 1 unspecified atom stereocenters. The fraction of sp³-hybridized carbons (Fsp3) is 0.435. The number of aliphatic hydroxyl groups is 1. The second-order valence-corrected chi connectivity index (χ2v) is 8.58. The Morgan fingerprint density at radius 1 is 1.14 bits per heavy atom. The van der Waals surface area contributed by atoms with Crippen molar-refractivity contribution in [2.24, 2.45) is 0 Å². The third kappa shape index (κ3) is 4.07. The maximum absolute atomic E-state index is 9.72. The third-order valence-electron chi connectivity index (χ3n) is 5.67. The first-order chi connectivity index (χ1) is 13.7. The average molecular weight is 396 g/mol. The lowest BCUT2D eigenvalue weighted by Crippen LogP contribution is -2.46. The van der Waals surface area contributed by atoms with Gasteiger partial charge in [0.25, 0.3) is 0 Å². The number of aryl methyl sites for hydroxylation is 1. The van der Waals surface area contributed by atoms with Crippen LogP contribution < -0.4 is 4.90 Å². The van der Waals surface area contributed by atoms with Crippen LogP contribution in [0.2, 0.25) is 0 Å². The third-order valence-corrected chi connectivity index (χ3v) is 6.54. The summed E-state index contributed by atoms with van der Waals surface area (Å²) in [6, 6.07) is 12.9. The van der Waals surface area contributed by atoms with E-state index in [9.17, 15) is 5.11 Å². The largest absolute Gasteiger partial charge is 0.393 e. The zero-order valence-corrected chi connectivity index (χ0v) is 17.6. The van der Waals surface area contributed by atoms with Gasteiger partial charge in [0, 0.05) is 41.8 Å². The number of hydrogen-bond acceptors (Lipinski definition) is 5. The van der Waals surface area contributed by atoms with Gasteiger partial charge in [-0.3, -0.25) is 0 Å². The highest BCUT2D eigenvalue weighted by Crippen LogP contribution is 2.35. The minimum atomic E-state index is -0.286. The second-order valence-electron chi connectivity index (χ2n) is 7.63. The van der Waals surface area contributed by atoms with Crippen molar-refractivity contribution < 1.29 is 5.11 Å². The van der Waals surface area contributed by atoms with Gasteiger partial charge in [0.05, 0.1) is 11.8 Å². The number of rotatable bonds is 6. The van der Waals surface area contributed by atoms with E-state index in [4.69, 9.17) is 4.98 Å². The standard InChI is InChI=1S/C23H29N3OS/c1-3-25-11-13-26(14-12-25)23-20-10-15-28-22(20)16-21(24-23)19-7-5-4-6-18(19)9-8-17(2)27/h4-7,10,15-17,27H,3,8-9,11-14H2,1-2H3. The molecule has 0 aliphatic carbocycles. The molecule has 1 aliphatic heterocycles. The van der Waals surface area contributed by atoms with Gasteiger partial charge in [-0.1, -0.05) is 31.2 Å². The predicted octanol–water partition coefficient (Wildman–Crippen LogP) is 4.42. The maximum atomic E-state index is 9.72. The van der Waals surface area contributed by atoms with Crippen LogP contribution in [0.1, 0.15) is 25.8 Å². The smallest absolute Gasteiger partial charge is 0.138 e. The van der Waals surface area contributed by atoms with Gasteiger partial charge in [-0.25, -0.2) is 4.98 Å². The second kappa shape index (κ2) is 8.60. The Kier molecular flexibility index (Phi) is 5.95. The van der Waals surface area contributed by atoms with Crippen molar-refractivity contribution in [2.75, 3.05) is 37.6 Å². The Labute approximate surface area is 171 Å². The van der Waals surface area contributed by atoms with E-state index >= 15 is 0 Å². The van der Waals surface area contributed by atoms with Crippen molar-refractivity contribution in [1.29, 1.82) is 0 Å². The molecular formula is C23H29N3OS. The molecule has 1 aliphatic rings. The number of likely N-dealkylation sites (N-methyl/N-ethyl adjacent to an activating group) is 1. The zero-order chi connectivity index (χ0) is 19.5. The number of aliphatic hydroxyl groups excluding tert-OH is 1. The van der Waals surface area contributed by atoms with Gasteiger partial charge in [-0.05, 0) is 49.4 Å². The molecule has 0 saturated carbocycles. The molecule has 0 bridgehead atoms. The molecular weight excluding hydrogens is 366 g/mol. The topological polar surface area (TPSA) is 39.6 Å². The molecule has 0 spiro atoms. The lowest BCUT2D eigenvalue weighted by molar-refractivity contribution is 0.185. The fourth-order valence-electron chi connectivity index (χ4n) is 3.96. The number of hydrogen-bond donors (Lipinski definition) is 1. The van der Waals surface area contributed by atoms with Gasteiger partial charge in [0.2, 0.25) is 0 Å². The summed E-state index contributed by atoms with van der Waals surface area (Å²) in [6.07, 6.45) is 1.35. The van der Waals surface area contributed by atoms with E-state index in [1.165, 1.54) is 21.2 Å². The number of nitrogens with zero attached hydrogens (tertiary/aromatic N) is 3. The minimum Gasteiger partial charge on any atom is -0.393 e. The molecule has 4 rings (SSSR count). The van der Waals surface area contributed by atoms with E-state index in [1.54, 1.807) is 11.3 Å². The van der Waals surface area contributed by atoms with E-state index in [0.29, 0.717) is 0 Å². The summed E-state index contributed by atoms with van der Waals surface area (Å²) in [4.78, 5) is 10.1. The molecule has 1 saturated heterocycles. The molecule has 4 nitrogen and oxygen atoms in total. The van der Waals surface area contributed by atoms with E-state index in [2.05, 4.69) is 58.5 Å². The Bertz CT molecular complexity index is 928. The van der Waals surface area contributed by atoms with Crippen LogP contribution in [-0.4, -0.2) is 53.8 Å². The first kappa shape index (κ1) is 19.4. The number of anilines is 1. The van der Waals surface area contributed by atoms with Gasteiger partial charge in [0.1, 0.15) is 5.82 Å². The average Bonchev–Trinajstić information content (AvgIpc) is 3.20. The van der Waals surface area contributed by atoms with Crippen molar-refractivity contribution in [1.82, 2.24) is 9.88 Å². The minimum absolute atomic E-state index is 0.286. The van der Waals surface area contributed by atoms with E-state index in [0.717, 1.165) is 57.1 Å². The monoisotopic (exact) mass is 395 g/mol. The number of piperazine rings is 1. The van der Waals surface area contributed by atoms with Crippen LogP contribution in [-0.2, 0) is 6.42 Å². The van der Waals surface area contributed by atoms with Gasteiger partial charge in [-0.2, -0.15) is 0 Å². The van der Waals surface area contributed by atoms with Crippen LogP contribution in [0, 0.1) is 0 Å². The maximum Gasteiger partial charge on any atom is 0.138 e. The van der Waals surface area contributed by atoms with E-state index in [1.807, 2.05) is 6.92 Å². The predicted molar refractivity (Wildman–Crippen MR) is 119 cm³/mol. The molecule has 0 amide bonds. The molecule has 3 aromatic rings. The number of aromatic nitrogens is 1. The van der Waals surface area contributed by atoms with Gasteiger partial charge >= 0.3 is 0 Å². The SMILES string of the molecule is CCN1CCN(c2nc(-c3ccccc3CCC(C)O)cc3sccc23)CC1. The lowest BCUT2D eigenvalue weighted by atomic mass is 9.98. The molecule has 0 radical (unpaired) electrons. The van der Waals surface area contributed by atoms with Crippen molar-refractivity contribution in [3.05, 3.63) is 47.3 Å². The molecule has 1 aromatic carbocycles. The first-order valence-corrected chi connectivity index (χ1v) is 11.2. The number of benzene rings is 1. The molecule has 1 fully saturated rings. The van der Waals surface area contributed by atoms with Crippen LogP contribution in [0.3, 0.4) is 0 Å². The summed E-state index contributed by atoms with van der Waals surface area (Å²) in [5.74, 6) is 1.12. The lowest BCUT2D eigenvalue weighted by Gasteiger charge is -2.35. The Hall–Kier alpha value is -1.95. The summed E-state index contributed by atoms with van der Waals surface area (Å²) in [7, 11) is 0. The Morgan fingerprint density at radius 2 is 1.93 bits per heavy atom. The normalized spacial score (nSPS) is 16.6. The summed E-state index contributed by atoms with van der Waals surface area (Å²) < 4.78 is 1.29. The van der Waals surface area contributed by atoms with E-state index in [-0.39, 0.29) is 6.10 Å². The highest BCUT2D eigenvalue weighted by atomic mass is 32.1. The molecule has 3 heterocycles. The van der Waals surface area contributed by atoms with Crippen LogP contribution in [0.25, 0.3) is 21.3 Å². The number of fused-ring (bicyclic) bond motifs is 1. The summed E-state index contributed by atoms with van der Waals surface area (Å²) >= 11 is 1.79. The van der Waals surface area contributed by atoms with Crippen molar-refractivity contribution in [3.8, 4) is 11.3 Å². The van der Waals surface area contributed by atoms with Crippen LogP contribution in [0.15, 0.2) is 41.8 Å². The summed E-state index contributed by atoms with van der Waals surface area (Å²) in [5.41, 5.74) is 3.49. The summed E-state index contributed by atoms with van der Waals surface area (Å²) in [5, 5.41) is 13.2. The quantitative estimate of drug-likeness (QED) is 0.671. The van der Waals surface area contributed by atoms with Gasteiger partial charge in [0.15, 0.2) is 0 Å². The zero-order valence-electron chi connectivity index (χ0n) is 16.8. The molecule has 5 heteroatoms. The number of pyridine rings is 1.